The van der Waals surface area contributed by atoms with Gasteiger partial charge in [0.05, 0.1) is 6.61 Å². The molecule has 3 atom stereocenters. The maximum Gasteiger partial charge on any atom is 0.140 e. The quantitative estimate of drug-likeness (QED) is 0.0546. The number of fused-ring (bicyclic) bond motifs is 4. The Kier molecular flexibility index (Phi) is 14.3. The zero-order chi connectivity index (χ0) is 53.1. The summed E-state index contributed by atoms with van der Waals surface area (Å²) in [6.07, 6.45) is 24.5. The zero-order valence-corrected chi connectivity index (χ0v) is 45.6. The molecule has 0 radical (unpaired) electrons. The highest BCUT2D eigenvalue weighted by atomic mass is 16.5. The molecule has 0 N–H and O–H groups in total. The number of rotatable bonds is 16. The molecule has 2 nitrogen and oxygen atoms in total. The Balaban J connectivity index is 0.934. The molecule has 4 bridgehead atoms. The van der Waals surface area contributed by atoms with Gasteiger partial charge in [0.15, 0.2) is 0 Å². The third kappa shape index (κ3) is 10.0. The summed E-state index contributed by atoms with van der Waals surface area (Å²) < 4.78 is 12.7. The molecule has 2 heteroatoms. The van der Waals surface area contributed by atoms with Crippen molar-refractivity contribution in [1.82, 2.24) is 0 Å². The standard InChI is InChI=1S/C76H68O2/c1-5-8-10-12-14-18-38-77-67-35-37-70-71(46-67)73(63-32-28-56-22-16-17-23-58(56)42-63)69-36-34-68(78-39-19-15-13-11-9-6-2)47-72(69)74(70)64-33-31-61-41-60(29-30-62(61)43-64)59-25-21-27-66(45-59)76-50-54-40-55(51-76)49-75(48-54,52-76)65-26-20-24-57(44-65)53(4)7-3/h1,16-17,20-37,41-47,53-55H,6-7,9,11,13,15,19,39-40,48-52H2,2-4H3. The van der Waals surface area contributed by atoms with Gasteiger partial charge in [0.25, 0.3) is 0 Å². The van der Waals surface area contributed by atoms with E-state index in [1.807, 2.05) is 6.07 Å². The van der Waals surface area contributed by atoms with Gasteiger partial charge in [0, 0.05) is 17.8 Å². The van der Waals surface area contributed by atoms with E-state index in [4.69, 9.17) is 15.9 Å². The fourth-order valence-corrected chi connectivity index (χ4v) is 14.6. The zero-order valence-electron chi connectivity index (χ0n) is 45.6. The van der Waals surface area contributed by atoms with Crippen LogP contribution in [0.15, 0.2) is 164 Å². The molecule has 3 unspecified atom stereocenters. The SMILES string of the molecule is C#CC#CC#CC#COc1ccc2c(-c3ccc4cc(-c5cccc(C67CC8CC(C6)CC(c6cccc(C(C)CC)c6)(C8)C7)c5)ccc4c3)c3cc(OCCCCCCCC)ccc3c(-c3ccc4ccccc4c3)c2c1. The summed E-state index contributed by atoms with van der Waals surface area (Å²) in [4.78, 5) is 0. The first-order valence-corrected chi connectivity index (χ1v) is 28.9. The Morgan fingerprint density at radius 1 is 0.500 bits per heavy atom. The molecule has 9 aromatic carbocycles. The van der Waals surface area contributed by atoms with Crippen LogP contribution in [0.25, 0.3) is 76.5 Å². The van der Waals surface area contributed by atoms with Crippen molar-refractivity contribution in [3.8, 4) is 92.9 Å². The lowest BCUT2D eigenvalue weighted by atomic mass is 9.41. The topological polar surface area (TPSA) is 18.5 Å². The molecule has 78 heavy (non-hydrogen) atoms. The smallest absolute Gasteiger partial charge is 0.140 e. The largest absolute Gasteiger partial charge is 0.494 e. The molecular formula is C76H68O2. The average molecular weight is 1010 g/mol. The van der Waals surface area contributed by atoms with Crippen LogP contribution in [0, 0.1) is 59.9 Å². The predicted octanol–water partition coefficient (Wildman–Crippen LogP) is 19.3. The van der Waals surface area contributed by atoms with E-state index in [2.05, 4.69) is 220 Å². The van der Waals surface area contributed by atoms with Gasteiger partial charge in [0.1, 0.15) is 17.6 Å². The Bertz CT molecular complexity index is 3980. The Labute approximate surface area is 463 Å². The molecule has 4 aliphatic rings. The third-order valence-corrected chi connectivity index (χ3v) is 18.1. The molecular weight excluding hydrogens is 945 g/mol. The van der Waals surface area contributed by atoms with Gasteiger partial charge in [-0.1, -0.05) is 168 Å². The van der Waals surface area contributed by atoms with Crippen molar-refractivity contribution in [2.24, 2.45) is 11.8 Å². The van der Waals surface area contributed by atoms with E-state index >= 15 is 0 Å². The first-order chi connectivity index (χ1) is 38.3. The Hall–Kier alpha value is -8.14. The van der Waals surface area contributed by atoms with Gasteiger partial charge in [-0.05, 0) is 239 Å². The van der Waals surface area contributed by atoms with E-state index in [1.165, 1.54) is 115 Å². The van der Waals surface area contributed by atoms with Crippen LogP contribution in [0.3, 0.4) is 0 Å². The molecule has 0 spiro atoms. The van der Waals surface area contributed by atoms with Gasteiger partial charge in [-0.2, -0.15) is 0 Å². The maximum atomic E-state index is 6.61. The van der Waals surface area contributed by atoms with E-state index in [-0.39, 0.29) is 10.8 Å². The predicted molar refractivity (Wildman–Crippen MR) is 328 cm³/mol. The number of terminal acetylenes is 1. The van der Waals surface area contributed by atoms with Crippen LogP contribution in [-0.2, 0) is 10.8 Å². The number of unbranched alkanes of at least 4 members (excludes halogenated alkanes) is 5. The summed E-state index contributed by atoms with van der Waals surface area (Å²) in [5.41, 5.74) is 12.3. The van der Waals surface area contributed by atoms with Crippen LogP contribution in [0.2, 0.25) is 0 Å². The second-order valence-corrected chi connectivity index (χ2v) is 23.1. The summed E-state index contributed by atoms with van der Waals surface area (Å²) in [6.45, 7) is 7.67. The monoisotopic (exact) mass is 1010 g/mol. The minimum Gasteiger partial charge on any atom is -0.494 e. The van der Waals surface area contributed by atoms with Gasteiger partial charge in [-0.15, -0.1) is 6.42 Å². The summed E-state index contributed by atoms with van der Waals surface area (Å²) in [5.74, 6) is 19.2. The Morgan fingerprint density at radius 2 is 1.06 bits per heavy atom. The van der Waals surface area contributed by atoms with E-state index in [0.717, 1.165) is 67.8 Å². The summed E-state index contributed by atoms with van der Waals surface area (Å²) in [6, 6.07) is 62.0. The molecule has 0 aliphatic heterocycles. The highest BCUT2D eigenvalue weighted by Gasteiger charge is 2.58. The lowest BCUT2D eigenvalue weighted by Crippen LogP contribution is -2.55. The lowest BCUT2D eigenvalue weighted by molar-refractivity contribution is -0.0281. The minimum atomic E-state index is 0.222. The number of hydrogen-bond acceptors (Lipinski definition) is 2. The first kappa shape index (κ1) is 50.7. The second-order valence-electron chi connectivity index (χ2n) is 23.1. The van der Waals surface area contributed by atoms with Crippen molar-refractivity contribution in [2.45, 2.75) is 121 Å². The van der Waals surface area contributed by atoms with Gasteiger partial charge in [-0.3, -0.25) is 0 Å². The van der Waals surface area contributed by atoms with Crippen LogP contribution in [0.4, 0.5) is 0 Å². The second kappa shape index (κ2) is 22.1. The molecule has 0 heterocycles. The van der Waals surface area contributed by atoms with Crippen molar-refractivity contribution in [1.29, 1.82) is 0 Å². The number of ether oxygens (including phenoxy) is 2. The fraction of sp³-hybridized carbons (Fsp3) is 0.289. The van der Waals surface area contributed by atoms with Crippen LogP contribution in [-0.4, -0.2) is 6.61 Å². The molecule has 384 valence electrons. The van der Waals surface area contributed by atoms with Crippen molar-refractivity contribution >= 4 is 43.1 Å². The van der Waals surface area contributed by atoms with Crippen LogP contribution in [0.1, 0.15) is 127 Å². The average Bonchev–Trinajstić information content (AvgIpc) is 3.64. The van der Waals surface area contributed by atoms with Gasteiger partial charge in [-0.25, -0.2) is 0 Å². The van der Waals surface area contributed by atoms with E-state index in [1.54, 1.807) is 11.1 Å². The van der Waals surface area contributed by atoms with Gasteiger partial charge < -0.3 is 9.47 Å². The van der Waals surface area contributed by atoms with Gasteiger partial charge >= 0.3 is 0 Å². The van der Waals surface area contributed by atoms with Crippen LogP contribution >= 0.6 is 0 Å². The van der Waals surface area contributed by atoms with E-state index < -0.39 is 0 Å². The van der Waals surface area contributed by atoms with Crippen molar-refractivity contribution in [3.05, 3.63) is 180 Å². The molecule has 0 amide bonds. The minimum absolute atomic E-state index is 0.222. The van der Waals surface area contributed by atoms with E-state index in [9.17, 15) is 0 Å². The summed E-state index contributed by atoms with van der Waals surface area (Å²) in [5, 5.41) is 9.28. The normalized spacial score (nSPS) is 19.3. The lowest BCUT2D eigenvalue weighted by Gasteiger charge is -2.63. The highest BCUT2D eigenvalue weighted by Crippen LogP contribution is 2.66. The highest BCUT2D eigenvalue weighted by molar-refractivity contribution is 6.22. The molecule has 4 fully saturated rings. The Morgan fingerprint density at radius 3 is 1.77 bits per heavy atom. The van der Waals surface area contributed by atoms with Crippen LogP contribution in [0.5, 0.6) is 11.5 Å². The van der Waals surface area contributed by atoms with Crippen LogP contribution < -0.4 is 9.47 Å². The fourth-order valence-electron chi connectivity index (χ4n) is 14.6. The molecule has 4 aliphatic carbocycles. The molecule has 4 saturated carbocycles. The molecule has 0 saturated heterocycles. The van der Waals surface area contributed by atoms with Crippen molar-refractivity contribution in [3.63, 3.8) is 0 Å². The molecule has 9 aromatic rings. The third-order valence-electron chi connectivity index (χ3n) is 18.1. The molecule has 13 rings (SSSR count). The van der Waals surface area contributed by atoms with Gasteiger partial charge in [0.2, 0.25) is 0 Å². The maximum absolute atomic E-state index is 6.61. The molecule has 0 aromatic heterocycles. The number of hydrogen-bond donors (Lipinski definition) is 0. The summed E-state index contributed by atoms with van der Waals surface area (Å²) >= 11 is 0. The first-order valence-electron chi connectivity index (χ1n) is 28.9. The number of benzene rings is 9. The van der Waals surface area contributed by atoms with Crippen molar-refractivity contribution < 1.29 is 9.47 Å². The van der Waals surface area contributed by atoms with E-state index in [0.29, 0.717) is 18.3 Å². The van der Waals surface area contributed by atoms with Crippen molar-refractivity contribution in [2.75, 3.05) is 6.61 Å². The summed E-state index contributed by atoms with van der Waals surface area (Å²) in [7, 11) is 0.